The molecule has 0 amide bonds. The Kier molecular flexibility index (Phi) is 5.71. The predicted octanol–water partition coefficient (Wildman–Crippen LogP) is 4.10. The predicted molar refractivity (Wildman–Crippen MR) is 121 cm³/mol. The zero-order chi connectivity index (χ0) is 23.0. The standard InChI is InChI=1S/C23H25F3N6O.H2/c1-16-9-18(12-20(10-16)30-5-7-31(8-6-30)21-13-33-14-21)28-22-27-15-32(29-22)19-4-2-3-17(11-19)23(24,25)26;/h2-4,9-12,15,21H,5-8,13-14H2,1H3,(H,28,29);1H. The van der Waals surface area contributed by atoms with E-state index in [0.29, 0.717) is 17.7 Å². The van der Waals surface area contributed by atoms with Gasteiger partial charge in [-0.05, 0) is 48.9 Å². The molecule has 176 valence electrons. The van der Waals surface area contributed by atoms with Gasteiger partial charge in [0.15, 0.2) is 0 Å². The molecular formula is C23H27F3N6O. The van der Waals surface area contributed by atoms with Crippen molar-refractivity contribution < 1.29 is 19.3 Å². The third-order valence-corrected chi connectivity index (χ3v) is 6.06. The van der Waals surface area contributed by atoms with E-state index in [0.717, 1.165) is 68.5 Å². The van der Waals surface area contributed by atoms with Gasteiger partial charge < -0.3 is 15.0 Å². The van der Waals surface area contributed by atoms with Crippen molar-refractivity contribution >= 4 is 17.3 Å². The van der Waals surface area contributed by atoms with Crippen molar-refractivity contribution in [2.75, 3.05) is 49.6 Å². The van der Waals surface area contributed by atoms with E-state index < -0.39 is 11.7 Å². The lowest BCUT2D eigenvalue weighted by Crippen LogP contribution is -2.56. The largest absolute Gasteiger partial charge is 0.416 e. The number of ether oxygens (including phenoxy) is 1. The molecule has 2 aromatic carbocycles. The van der Waals surface area contributed by atoms with Crippen molar-refractivity contribution in [1.29, 1.82) is 0 Å². The fraction of sp³-hybridized carbons (Fsp3) is 0.391. The fourth-order valence-electron chi connectivity index (χ4n) is 4.20. The molecule has 3 aromatic rings. The van der Waals surface area contributed by atoms with Gasteiger partial charge in [0.05, 0.1) is 30.5 Å². The van der Waals surface area contributed by atoms with Crippen molar-refractivity contribution in [3.05, 3.63) is 59.9 Å². The number of aryl methyl sites for hydroxylation is 1. The van der Waals surface area contributed by atoms with E-state index in [-0.39, 0.29) is 1.43 Å². The van der Waals surface area contributed by atoms with Crippen LogP contribution < -0.4 is 10.2 Å². The lowest BCUT2D eigenvalue weighted by atomic mass is 10.1. The van der Waals surface area contributed by atoms with Crippen molar-refractivity contribution in [1.82, 2.24) is 19.7 Å². The van der Waals surface area contributed by atoms with Crippen LogP contribution in [0.4, 0.5) is 30.5 Å². The van der Waals surface area contributed by atoms with Crippen LogP contribution in [-0.2, 0) is 10.9 Å². The summed E-state index contributed by atoms with van der Waals surface area (Å²) in [5.41, 5.74) is 2.63. The maximum atomic E-state index is 13.0. The Morgan fingerprint density at radius 2 is 1.82 bits per heavy atom. The van der Waals surface area contributed by atoms with Gasteiger partial charge in [0.2, 0.25) is 5.95 Å². The highest BCUT2D eigenvalue weighted by molar-refractivity contribution is 5.64. The van der Waals surface area contributed by atoms with Crippen LogP contribution in [0.2, 0.25) is 0 Å². The highest BCUT2D eigenvalue weighted by Crippen LogP contribution is 2.30. The molecule has 7 nitrogen and oxygen atoms in total. The van der Waals surface area contributed by atoms with Crippen LogP contribution in [0.15, 0.2) is 48.8 Å². The summed E-state index contributed by atoms with van der Waals surface area (Å²) < 4.78 is 45.7. The number of nitrogens with zero attached hydrogens (tertiary/aromatic N) is 5. The molecule has 3 heterocycles. The monoisotopic (exact) mass is 460 g/mol. The second-order valence-electron chi connectivity index (χ2n) is 8.46. The van der Waals surface area contributed by atoms with Crippen molar-refractivity contribution in [2.24, 2.45) is 0 Å². The first kappa shape index (κ1) is 21.7. The molecule has 2 aliphatic rings. The minimum Gasteiger partial charge on any atom is -0.378 e. The molecule has 0 aliphatic carbocycles. The molecule has 33 heavy (non-hydrogen) atoms. The van der Waals surface area contributed by atoms with Crippen molar-refractivity contribution in [3.63, 3.8) is 0 Å². The van der Waals surface area contributed by atoms with Gasteiger partial charge in [-0.2, -0.15) is 18.2 Å². The minimum atomic E-state index is -4.41. The summed E-state index contributed by atoms with van der Waals surface area (Å²) in [7, 11) is 0. The Morgan fingerprint density at radius 1 is 1.03 bits per heavy atom. The normalized spacial score (nSPS) is 17.8. The number of alkyl halides is 3. The summed E-state index contributed by atoms with van der Waals surface area (Å²) in [6, 6.07) is 11.8. The Labute approximate surface area is 191 Å². The Hall–Kier alpha value is -3.11. The molecule has 5 rings (SSSR count). The summed E-state index contributed by atoms with van der Waals surface area (Å²) in [6.45, 7) is 7.60. The molecule has 2 fully saturated rings. The number of aromatic nitrogens is 3. The number of hydrogen-bond donors (Lipinski definition) is 1. The van der Waals surface area contributed by atoms with Crippen LogP contribution in [0.3, 0.4) is 0 Å². The SMILES string of the molecule is Cc1cc(Nc2ncn(-c3cccc(C(F)(F)F)c3)n2)cc(N2CCN(C3COC3)CC2)c1.[HH]. The van der Waals surface area contributed by atoms with Crippen LogP contribution in [0.5, 0.6) is 0 Å². The summed E-state index contributed by atoms with van der Waals surface area (Å²) >= 11 is 0. The average Bonchev–Trinajstić information content (AvgIpc) is 3.21. The molecule has 0 saturated carbocycles. The second kappa shape index (κ2) is 8.68. The quantitative estimate of drug-likeness (QED) is 0.619. The zero-order valence-corrected chi connectivity index (χ0v) is 18.2. The summed E-state index contributed by atoms with van der Waals surface area (Å²) in [4.78, 5) is 9.07. The van der Waals surface area contributed by atoms with Gasteiger partial charge in [0.1, 0.15) is 6.33 Å². The van der Waals surface area contributed by atoms with Gasteiger partial charge in [-0.25, -0.2) is 4.68 Å². The van der Waals surface area contributed by atoms with Crippen LogP contribution in [0.1, 0.15) is 12.6 Å². The summed E-state index contributed by atoms with van der Waals surface area (Å²) in [6.07, 6.45) is -3.01. The number of rotatable bonds is 5. The van der Waals surface area contributed by atoms with E-state index in [2.05, 4.69) is 37.3 Å². The Balaban J connectivity index is 0.00000274. The van der Waals surface area contributed by atoms with Gasteiger partial charge in [-0.3, -0.25) is 4.90 Å². The fourth-order valence-corrected chi connectivity index (χ4v) is 4.20. The smallest absolute Gasteiger partial charge is 0.378 e. The number of piperazine rings is 1. The molecule has 0 unspecified atom stereocenters. The van der Waals surface area contributed by atoms with Gasteiger partial charge >= 0.3 is 6.18 Å². The van der Waals surface area contributed by atoms with Crippen molar-refractivity contribution in [2.45, 2.75) is 19.1 Å². The third-order valence-electron chi connectivity index (χ3n) is 6.06. The minimum absolute atomic E-state index is 0. The number of hydrogen-bond acceptors (Lipinski definition) is 6. The maximum absolute atomic E-state index is 13.0. The van der Waals surface area contributed by atoms with Crippen molar-refractivity contribution in [3.8, 4) is 5.69 Å². The van der Waals surface area contributed by atoms with Gasteiger partial charge in [-0.1, -0.05) is 6.07 Å². The topological polar surface area (TPSA) is 58.5 Å². The van der Waals surface area contributed by atoms with Crippen LogP contribution in [0.25, 0.3) is 5.69 Å². The molecule has 2 aliphatic heterocycles. The summed E-state index contributed by atoms with van der Waals surface area (Å²) in [5.74, 6) is 0.318. The molecule has 1 N–H and O–H groups in total. The van der Waals surface area contributed by atoms with Gasteiger partial charge in [-0.15, -0.1) is 5.10 Å². The average molecular weight is 461 g/mol. The van der Waals surface area contributed by atoms with E-state index in [4.69, 9.17) is 4.74 Å². The second-order valence-corrected chi connectivity index (χ2v) is 8.46. The van der Waals surface area contributed by atoms with Gasteiger partial charge in [0.25, 0.3) is 0 Å². The molecule has 0 atom stereocenters. The van der Waals surface area contributed by atoms with E-state index in [9.17, 15) is 13.2 Å². The Morgan fingerprint density at radius 3 is 2.52 bits per heavy atom. The zero-order valence-electron chi connectivity index (χ0n) is 18.2. The first-order chi connectivity index (χ1) is 15.8. The maximum Gasteiger partial charge on any atom is 0.416 e. The summed E-state index contributed by atoms with van der Waals surface area (Å²) in [5, 5.41) is 7.50. The van der Waals surface area contributed by atoms with E-state index in [1.165, 1.54) is 17.1 Å². The molecular weight excluding hydrogens is 433 g/mol. The van der Waals surface area contributed by atoms with E-state index in [1.807, 2.05) is 13.0 Å². The molecule has 0 bridgehead atoms. The highest BCUT2D eigenvalue weighted by atomic mass is 19.4. The van der Waals surface area contributed by atoms with Crippen LogP contribution >= 0.6 is 0 Å². The molecule has 1 aromatic heterocycles. The Bertz CT molecular complexity index is 1130. The van der Waals surface area contributed by atoms with E-state index in [1.54, 1.807) is 6.07 Å². The third kappa shape index (κ3) is 4.81. The first-order valence-corrected chi connectivity index (χ1v) is 10.9. The number of benzene rings is 2. The molecule has 0 spiro atoms. The number of halogens is 3. The van der Waals surface area contributed by atoms with E-state index >= 15 is 0 Å². The lowest BCUT2D eigenvalue weighted by molar-refractivity contribution is -0.137. The molecule has 0 radical (unpaired) electrons. The first-order valence-electron chi connectivity index (χ1n) is 10.9. The lowest BCUT2D eigenvalue weighted by Gasteiger charge is -2.43. The molecule has 10 heteroatoms. The highest BCUT2D eigenvalue weighted by Gasteiger charge is 2.31. The van der Waals surface area contributed by atoms with Crippen LogP contribution in [0, 0.1) is 6.92 Å². The number of anilines is 3. The number of nitrogens with one attached hydrogen (secondary N) is 1. The molecule has 2 saturated heterocycles. The van der Waals surface area contributed by atoms with Gasteiger partial charge in [0, 0.05) is 39.0 Å². The van der Waals surface area contributed by atoms with Crippen LogP contribution in [-0.4, -0.2) is 65.1 Å².